The van der Waals surface area contributed by atoms with Crippen LogP contribution in [0.1, 0.15) is 39.5 Å². The third kappa shape index (κ3) is 22.0. The van der Waals surface area contributed by atoms with Crippen molar-refractivity contribution in [1.29, 1.82) is 0 Å². The van der Waals surface area contributed by atoms with Gasteiger partial charge in [-0.3, -0.25) is 9.35 Å². The minimum absolute atomic E-state index is 0.281. The monoisotopic (exact) mass is 341 g/mol. The normalized spacial score (nSPS) is 13.3. The van der Waals surface area contributed by atoms with E-state index in [4.69, 9.17) is 10.3 Å². The van der Waals surface area contributed by atoms with Gasteiger partial charge in [-0.2, -0.15) is 8.42 Å². The predicted molar refractivity (Wildman–Crippen MR) is 94.5 cm³/mol. The number of amides is 1. The molecule has 0 spiro atoms. The van der Waals surface area contributed by atoms with Crippen LogP contribution in [0.15, 0.2) is 11.6 Å². The first-order valence-corrected chi connectivity index (χ1v) is 12.6. The molecule has 0 aromatic heterocycles. The number of primary amides is 1. The zero-order chi connectivity index (χ0) is 17.1. The summed E-state index contributed by atoms with van der Waals surface area (Å²) in [6, 6.07) is 0. The minimum atomic E-state index is -3.89. The Hall–Kier alpha value is -0.450. The Bertz CT molecular complexity index is 425. The molecule has 0 fully saturated rings. The molecule has 0 radical (unpaired) electrons. The molecule has 0 aliphatic rings. The SMILES string of the molecule is CC(=CCCCS(=O)(=O)O)C(N)=O.CCCC[PH](C)(C)C. The number of carbonyl (C=O) groups is 1. The van der Waals surface area contributed by atoms with Crippen molar-refractivity contribution in [2.24, 2.45) is 5.73 Å². The zero-order valence-corrected chi connectivity index (χ0v) is 15.8. The van der Waals surface area contributed by atoms with Crippen molar-refractivity contribution in [3.05, 3.63) is 11.6 Å². The molecule has 0 heterocycles. The van der Waals surface area contributed by atoms with E-state index in [2.05, 4.69) is 26.9 Å². The summed E-state index contributed by atoms with van der Waals surface area (Å²) in [5, 5.41) is 0. The third-order valence-electron chi connectivity index (χ3n) is 2.73. The van der Waals surface area contributed by atoms with Crippen LogP contribution < -0.4 is 5.73 Å². The molecule has 7 heteroatoms. The molecule has 21 heavy (non-hydrogen) atoms. The molecule has 0 saturated carbocycles. The summed E-state index contributed by atoms with van der Waals surface area (Å²) in [5.74, 6) is -0.818. The van der Waals surface area contributed by atoms with Crippen molar-refractivity contribution >= 4 is 23.3 Å². The number of rotatable bonds is 8. The fourth-order valence-electron chi connectivity index (χ4n) is 1.39. The van der Waals surface area contributed by atoms with Crippen LogP contribution in [-0.4, -0.2) is 50.8 Å². The molecular formula is C14H32NO4PS. The zero-order valence-electron chi connectivity index (χ0n) is 14.0. The summed E-state index contributed by atoms with van der Waals surface area (Å²) in [5.41, 5.74) is 5.33. The first kappa shape index (κ1) is 22.8. The predicted octanol–water partition coefficient (Wildman–Crippen LogP) is 2.51. The van der Waals surface area contributed by atoms with Crippen molar-refractivity contribution in [3.8, 4) is 0 Å². The molecule has 3 N–H and O–H groups in total. The topological polar surface area (TPSA) is 97.5 Å². The van der Waals surface area contributed by atoms with Crippen LogP contribution >= 0.6 is 7.26 Å². The molecule has 5 nitrogen and oxygen atoms in total. The Labute approximate surface area is 130 Å². The molecule has 0 aliphatic carbocycles. The average molecular weight is 341 g/mol. The maximum atomic E-state index is 10.5. The summed E-state index contributed by atoms with van der Waals surface area (Å²) in [6.07, 6.45) is 6.55. The number of allylic oxidation sites excluding steroid dienone is 1. The van der Waals surface area contributed by atoms with Crippen LogP contribution in [0.3, 0.4) is 0 Å². The summed E-state index contributed by atoms with van der Waals surface area (Å²) in [4.78, 5) is 10.5. The van der Waals surface area contributed by atoms with Gasteiger partial charge in [0.15, 0.2) is 0 Å². The van der Waals surface area contributed by atoms with E-state index < -0.39 is 23.3 Å². The van der Waals surface area contributed by atoms with E-state index in [1.807, 2.05) is 0 Å². The molecular weight excluding hydrogens is 309 g/mol. The van der Waals surface area contributed by atoms with Gasteiger partial charge in [0.05, 0.1) is 5.75 Å². The van der Waals surface area contributed by atoms with E-state index in [1.165, 1.54) is 19.0 Å². The van der Waals surface area contributed by atoms with Gasteiger partial charge in [-0.15, -0.1) is 0 Å². The Kier molecular flexibility index (Phi) is 12.1. The number of carbonyl (C=O) groups excluding carboxylic acids is 1. The number of nitrogens with two attached hydrogens (primary N) is 1. The Morgan fingerprint density at radius 1 is 1.24 bits per heavy atom. The first-order chi connectivity index (χ1) is 9.39. The Balaban J connectivity index is 0. The van der Waals surface area contributed by atoms with E-state index in [0.717, 1.165) is 0 Å². The van der Waals surface area contributed by atoms with E-state index in [1.54, 1.807) is 13.0 Å². The van der Waals surface area contributed by atoms with Crippen LogP contribution in [0.5, 0.6) is 0 Å². The van der Waals surface area contributed by atoms with Gasteiger partial charge in [0.2, 0.25) is 5.91 Å². The average Bonchev–Trinajstić information content (AvgIpc) is 2.30. The van der Waals surface area contributed by atoms with E-state index >= 15 is 0 Å². The van der Waals surface area contributed by atoms with Gasteiger partial charge in [-0.05, 0) is 19.8 Å². The van der Waals surface area contributed by atoms with Gasteiger partial charge >= 0.3 is 53.2 Å². The van der Waals surface area contributed by atoms with Gasteiger partial charge in [0.25, 0.3) is 10.1 Å². The summed E-state index contributed by atoms with van der Waals surface area (Å²) >= 11 is 0. The van der Waals surface area contributed by atoms with Crippen LogP contribution in [0.2, 0.25) is 0 Å². The maximum absolute atomic E-state index is 10.5. The van der Waals surface area contributed by atoms with Crippen molar-refractivity contribution < 1.29 is 17.8 Å². The Morgan fingerprint density at radius 3 is 2.05 bits per heavy atom. The van der Waals surface area contributed by atoms with Crippen LogP contribution in [0, 0.1) is 0 Å². The number of unbranched alkanes of at least 4 members (excludes halogenated alkanes) is 2. The molecule has 128 valence electrons. The van der Waals surface area contributed by atoms with Crippen LogP contribution in [0.25, 0.3) is 0 Å². The van der Waals surface area contributed by atoms with Crippen molar-refractivity contribution in [2.75, 3.05) is 31.9 Å². The molecule has 0 saturated heterocycles. The standard InChI is InChI=1S/C7H13NO4S.C7H19P/c1-6(7(8)9)4-2-3-5-13(10,11)12;1-5-6-7-8(2,3)4/h4H,2-3,5H2,1H3,(H2,8,9)(H,10,11,12);8H,5-7H2,1-4H3. The van der Waals surface area contributed by atoms with Gasteiger partial charge in [-0.1, -0.05) is 6.08 Å². The summed E-state index contributed by atoms with van der Waals surface area (Å²) < 4.78 is 28.9. The van der Waals surface area contributed by atoms with Crippen molar-refractivity contribution in [1.82, 2.24) is 0 Å². The molecule has 0 unspecified atom stereocenters. The van der Waals surface area contributed by atoms with Gasteiger partial charge < -0.3 is 5.73 Å². The molecule has 0 aromatic rings. The molecule has 1 amide bonds. The van der Waals surface area contributed by atoms with Gasteiger partial charge in [0.1, 0.15) is 0 Å². The van der Waals surface area contributed by atoms with Crippen molar-refractivity contribution in [2.45, 2.75) is 39.5 Å². The van der Waals surface area contributed by atoms with E-state index in [-0.39, 0.29) is 12.2 Å². The van der Waals surface area contributed by atoms with Gasteiger partial charge in [0, 0.05) is 5.57 Å². The molecule has 0 aliphatic heterocycles. The van der Waals surface area contributed by atoms with Crippen molar-refractivity contribution in [3.63, 3.8) is 0 Å². The Morgan fingerprint density at radius 2 is 1.76 bits per heavy atom. The molecule has 0 bridgehead atoms. The third-order valence-corrected chi connectivity index (χ3v) is 5.38. The second-order valence-electron chi connectivity index (χ2n) is 6.34. The second-order valence-corrected chi connectivity index (χ2v) is 13.5. The van der Waals surface area contributed by atoms with Crippen LogP contribution in [-0.2, 0) is 14.9 Å². The molecule has 0 rings (SSSR count). The number of hydrogen-bond acceptors (Lipinski definition) is 3. The summed E-state index contributed by atoms with van der Waals surface area (Å²) in [7, 11) is -4.57. The molecule has 0 aromatic carbocycles. The summed E-state index contributed by atoms with van der Waals surface area (Å²) in [6.45, 7) is 11.1. The second kappa shape index (κ2) is 11.2. The fourth-order valence-corrected chi connectivity index (χ4v) is 3.34. The van der Waals surface area contributed by atoms with Gasteiger partial charge in [-0.25, -0.2) is 0 Å². The van der Waals surface area contributed by atoms with Crippen LogP contribution in [0.4, 0.5) is 0 Å². The number of hydrogen-bond donors (Lipinski definition) is 2. The fraction of sp³-hybridized carbons (Fsp3) is 0.786. The quantitative estimate of drug-likeness (QED) is 0.307. The molecule has 0 atom stereocenters. The van der Waals surface area contributed by atoms with E-state index in [0.29, 0.717) is 12.0 Å². The van der Waals surface area contributed by atoms with E-state index in [9.17, 15) is 13.2 Å². The first-order valence-electron chi connectivity index (χ1n) is 7.30.